The second-order valence-electron chi connectivity index (χ2n) is 3.13. The van der Waals surface area contributed by atoms with E-state index >= 15 is 0 Å². The monoisotopic (exact) mass is 247 g/mol. The van der Waals surface area contributed by atoms with Gasteiger partial charge < -0.3 is 15.5 Å². The smallest absolute Gasteiger partial charge is 0.223 e. The molecule has 4 heteroatoms. The number of carbonyl (C=O) groups is 1. The molecule has 0 aromatic carbocycles. The Bertz CT molecular complexity index is 141. The van der Waals surface area contributed by atoms with Crippen LogP contribution in [0.3, 0.4) is 0 Å². The average molecular weight is 247 g/mol. The molecule has 0 aliphatic rings. The first-order valence-corrected chi connectivity index (χ1v) is 6.75. The van der Waals surface area contributed by atoms with E-state index in [1.54, 1.807) is 4.90 Å². The summed E-state index contributed by atoms with van der Waals surface area (Å²) in [5.74, 6) is 0.213. The number of hydrogen-bond donors (Lipinski definition) is 2. The SMILES string of the molecule is CC.CC.CNCCCN(C)C(=O)CCNC. The van der Waals surface area contributed by atoms with Crippen LogP contribution in [0, 0.1) is 0 Å². The fourth-order valence-electron chi connectivity index (χ4n) is 1.04. The molecule has 4 nitrogen and oxygen atoms in total. The van der Waals surface area contributed by atoms with Crippen molar-refractivity contribution in [2.75, 3.05) is 40.8 Å². The van der Waals surface area contributed by atoms with Crippen LogP contribution < -0.4 is 10.6 Å². The molecule has 0 spiro atoms. The zero-order chi connectivity index (χ0) is 14.1. The first-order chi connectivity index (χ1) is 8.22. The largest absolute Gasteiger partial charge is 0.346 e. The molecular weight excluding hydrogens is 214 g/mol. The maximum absolute atomic E-state index is 11.4. The Morgan fingerprint density at radius 2 is 1.47 bits per heavy atom. The fourth-order valence-corrected chi connectivity index (χ4v) is 1.04. The molecule has 0 aromatic rings. The quantitative estimate of drug-likeness (QED) is 0.673. The van der Waals surface area contributed by atoms with E-state index in [-0.39, 0.29) is 5.91 Å². The van der Waals surface area contributed by atoms with E-state index in [0.717, 1.165) is 26.1 Å². The molecule has 17 heavy (non-hydrogen) atoms. The molecule has 0 saturated carbocycles. The van der Waals surface area contributed by atoms with Crippen LogP contribution in [0.5, 0.6) is 0 Å². The average Bonchev–Trinajstić information content (AvgIpc) is 2.40. The van der Waals surface area contributed by atoms with Gasteiger partial charge in [0.05, 0.1) is 0 Å². The summed E-state index contributed by atoms with van der Waals surface area (Å²) >= 11 is 0. The van der Waals surface area contributed by atoms with Crippen LogP contribution in [-0.4, -0.2) is 51.6 Å². The van der Waals surface area contributed by atoms with Crippen LogP contribution in [-0.2, 0) is 4.79 Å². The van der Waals surface area contributed by atoms with Crippen molar-refractivity contribution in [3.63, 3.8) is 0 Å². The van der Waals surface area contributed by atoms with E-state index < -0.39 is 0 Å². The first kappa shape index (κ1) is 21.7. The highest BCUT2D eigenvalue weighted by molar-refractivity contribution is 5.75. The molecule has 0 heterocycles. The summed E-state index contributed by atoms with van der Waals surface area (Å²) in [7, 11) is 5.63. The van der Waals surface area contributed by atoms with Gasteiger partial charge in [-0.1, -0.05) is 27.7 Å². The third kappa shape index (κ3) is 18.0. The Balaban J connectivity index is -0.000000439. The summed E-state index contributed by atoms with van der Waals surface area (Å²) < 4.78 is 0. The van der Waals surface area contributed by atoms with Gasteiger partial charge in [0.25, 0.3) is 0 Å². The Hall–Kier alpha value is -0.610. The van der Waals surface area contributed by atoms with Crippen LogP contribution in [0.15, 0.2) is 0 Å². The van der Waals surface area contributed by atoms with E-state index in [9.17, 15) is 4.79 Å². The second-order valence-corrected chi connectivity index (χ2v) is 3.13. The molecule has 0 aliphatic carbocycles. The third-order valence-electron chi connectivity index (χ3n) is 1.93. The molecule has 0 fully saturated rings. The van der Waals surface area contributed by atoms with Gasteiger partial charge >= 0.3 is 0 Å². The van der Waals surface area contributed by atoms with E-state index in [1.165, 1.54) is 0 Å². The van der Waals surface area contributed by atoms with Gasteiger partial charge in [0.15, 0.2) is 0 Å². The second kappa shape index (κ2) is 20.8. The summed E-state index contributed by atoms with van der Waals surface area (Å²) in [5.41, 5.74) is 0. The maximum Gasteiger partial charge on any atom is 0.223 e. The van der Waals surface area contributed by atoms with Gasteiger partial charge in [-0.25, -0.2) is 0 Å². The minimum absolute atomic E-state index is 0.213. The normalized spacial score (nSPS) is 8.41. The number of carbonyl (C=O) groups excluding carboxylic acids is 1. The topological polar surface area (TPSA) is 44.4 Å². The van der Waals surface area contributed by atoms with Crippen LogP contribution in [0.4, 0.5) is 0 Å². The Kier molecular flexibility index (Phi) is 26.4. The standard InChI is InChI=1S/C9H21N3O.2C2H6/c1-10-6-4-8-12(3)9(13)5-7-11-2;2*1-2/h10-11H,4-8H2,1-3H3;2*1-2H3. The van der Waals surface area contributed by atoms with Gasteiger partial charge in [-0.3, -0.25) is 4.79 Å². The van der Waals surface area contributed by atoms with Crippen molar-refractivity contribution >= 4 is 5.91 Å². The van der Waals surface area contributed by atoms with Gasteiger partial charge in [0.1, 0.15) is 0 Å². The van der Waals surface area contributed by atoms with Crippen molar-refractivity contribution in [1.29, 1.82) is 0 Å². The van der Waals surface area contributed by atoms with Crippen LogP contribution in [0.25, 0.3) is 0 Å². The highest BCUT2D eigenvalue weighted by Crippen LogP contribution is 1.91. The molecule has 0 rings (SSSR count). The van der Waals surface area contributed by atoms with E-state index in [2.05, 4.69) is 10.6 Å². The zero-order valence-electron chi connectivity index (χ0n) is 12.9. The lowest BCUT2D eigenvalue weighted by atomic mass is 10.3. The number of hydrogen-bond acceptors (Lipinski definition) is 3. The van der Waals surface area contributed by atoms with Gasteiger partial charge in [0.2, 0.25) is 5.91 Å². The third-order valence-corrected chi connectivity index (χ3v) is 1.93. The number of amides is 1. The van der Waals surface area contributed by atoms with Gasteiger partial charge in [0, 0.05) is 26.6 Å². The minimum Gasteiger partial charge on any atom is -0.346 e. The minimum atomic E-state index is 0.213. The predicted molar refractivity (Wildman–Crippen MR) is 77.4 cm³/mol. The summed E-state index contributed by atoms with van der Waals surface area (Å²) in [4.78, 5) is 13.1. The maximum atomic E-state index is 11.4. The molecule has 0 radical (unpaired) electrons. The fraction of sp³-hybridized carbons (Fsp3) is 0.923. The molecular formula is C13H33N3O. The number of rotatable bonds is 7. The number of nitrogens with zero attached hydrogens (tertiary/aromatic N) is 1. The highest BCUT2D eigenvalue weighted by atomic mass is 16.2. The molecule has 0 atom stereocenters. The molecule has 106 valence electrons. The van der Waals surface area contributed by atoms with Crippen molar-refractivity contribution in [2.45, 2.75) is 40.5 Å². The van der Waals surface area contributed by atoms with E-state index in [4.69, 9.17) is 0 Å². The molecule has 0 aliphatic heterocycles. The van der Waals surface area contributed by atoms with Crippen molar-refractivity contribution in [3.8, 4) is 0 Å². The predicted octanol–water partition coefficient (Wildman–Crippen LogP) is 1.72. The molecule has 0 saturated heterocycles. The molecule has 1 amide bonds. The summed E-state index contributed by atoms with van der Waals surface area (Å²) in [6.07, 6.45) is 1.60. The number of nitrogens with one attached hydrogen (secondary N) is 2. The van der Waals surface area contributed by atoms with E-state index in [0.29, 0.717) is 6.42 Å². The Morgan fingerprint density at radius 3 is 1.88 bits per heavy atom. The Morgan fingerprint density at radius 1 is 1.00 bits per heavy atom. The summed E-state index contributed by atoms with van der Waals surface area (Å²) in [6, 6.07) is 0. The van der Waals surface area contributed by atoms with E-state index in [1.807, 2.05) is 48.8 Å². The molecule has 0 aromatic heterocycles. The molecule has 2 N–H and O–H groups in total. The molecule has 0 unspecified atom stereocenters. The molecule has 0 bridgehead atoms. The summed E-state index contributed by atoms with van der Waals surface area (Å²) in [6.45, 7) is 10.6. The van der Waals surface area contributed by atoms with Gasteiger partial charge in [-0.15, -0.1) is 0 Å². The summed E-state index contributed by atoms with van der Waals surface area (Å²) in [5, 5.41) is 6.02. The van der Waals surface area contributed by atoms with Crippen molar-refractivity contribution < 1.29 is 4.79 Å². The Labute approximate surface area is 108 Å². The highest BCUT2D eigenvalue weighted by Gasteiger charge is 2.06. The van der Waals surface area contributed by atoms with Crippen LogP contribution in [0.2, 0.25) is 0 Å². The zero-order valence-corrected chi connectivity index (χ0v) is 12.9. The van der Waals surface area contributed by atoms with Crippen LogP contribution >= 0.6 is 0 Å². The lowest BCUT2D eigenvalue weighted by molar-refractivity contribution is -0.129. The van der Waals surface area contributed by atoms with Gasteiger partial charge in [-0.05, 0) is 27.1 Å². The lowest BCUT2D eigenvalue weighted by Crippen LogP contribution is -2.31. The first-order valence-electron chi connectivity index (χ1n) is 6.75. The van der Waals surface area contributed by atoms with Crippen molar-refractivity contribution in [2.24, 2.45) is 0 Å². The van der Waals surface area contributed by atoms with Crippen molar-refractivity contribution in [3.05, 3.63) is 0 Å². The lowest BCUT2D eigenvalue weighted by Gasteiger charge is -2.16. The van der Waals surface area contributed by atoms with Crippen molar-refractivity contribution in [1.82, 2.24) is 15.5 Å². The van der Waals surface area contributed by atoms with Gasteiger partial charge in [-0.2, -0.15) is 0 Å². The van der Waals surface area contributed by atoms with Crippen LogP contribution in [0.1, 0.15) is 40.5 Å².